The van der Waals surface area contributed by atoms with Crippen LogP contribution in [0.25, 0.3) is 11.4 Å². The van der Waals surface area contributed by atoms with Crippen molar-refractivity contribution in [1.29, 1.82) is 5.26 Å². The predicted molar refractivity (Wildman–Crippen MR) is 72.3 cm³/mol. The molecule has 1 N–H and O–H groups in total. The summed E-state index contributed by atoms with van der Waals surface area (Å²) in [6, 6.07) is 8.77. The van der Waals surface area contributed by atoms with Crippen LogP contribution in [0.2, 0.25) is 0 Å². The van der Waals surface area contributed by atoms with E-state index in [2.05, 4.69) is 15.6 Å². The topological polar surface area (TPSA) is 78.9 Å². The van der Waals surface area contributed by atoms with Crippen LogP contribution in [0.5, 0.6) is 0 Å². The molecule has 0 fully saturated rings. The predicted octanol–water partition coefficient (Wildman–Crippen LogP) is 2.46. The fourth-order valence-corrected chi connectivity index (χ4v) is 2.61. The normalized spacial score (nSPS) is 13.6. The van der Waals surface area contributed by atoms with Crippen molar-refractivity contribution in [3.63, 3.8) is 0 Å². The minimum Gasteiger partial charge on any atom is -0.478 e. The lowest BCUT2D eigenvalue weighted by molar-refractivity contribution is 0.0697. The van der Waals surface area contributed by atoms with Crippen LogP contribution in [0, 0.1) is 11.3 Å². The van der Waals surface area contributed by atoms with Crippen molar-refractivity contribution >= 4 is 5.97 Å². The number of hydrogen-bond donors (Lipinski definition) is 1. The number of aromatic nitrogens is 2. The van der Waals surface area contributed by atoms with Gasteiger partial charge in [0.05, 0.1) is 11.3 Å². The highest BCUT2D eigenvalue weighted by Crippen LogP contribution is 2.27. The molecule has 2 heterocycles. The molecule has 0 radical (unpaired) electrons. The van der Waals surface area contributed by atoms with Crippen molar-refractivity contribution in [2.24, 2.45) is 0 Å². The molecular weight excluding hydrogens is 254 g/mol. The van der Waals surface area contributed by atoms with E-state index in [-0.39, 0.29) is 5.56 Å². The molecule has 0 saturated carbocycles. The first-order valence-electron chi connectivity index (χ1n) is 6.54. The Bertz CT molecular complexity index is 708. The summed E-state index contributed by atoms with van der Waals surface area (Å²) in [5, 5.41) is 18.1. The fraction of sp³-hybridized carbons (Fsp3) is 0.267. The molecule has 1 aromatic carbocycles. The van der Waals surface area contributed by atoms with E-state index in [1.807, 2.05) is 0 Å². The summed E-state index contributed by atoms with van der Waals surface area (Å²) in [7, 11) is 0. The first-order valence-corrected chi connectivity index (χ1v) is 6.54. The van der Waals surface area contributed by atoms with Crippen LogP contribution in [0.3, 0.4) is 0 Å². The molecule has 1 aliphatic heterocycles. The maximum atomic E-state index is 10.9. The van der Waals surface area contributed by atoms with Gasteiger partial charge in [0, 0.05) is 12.1 Å². The maximum absolute atomic E-state index is 10.9. The van der Waals surface area contributed by atoms with Crippen LogP contribution in [-0.2, 0) is 13.0 Å². The van der Waals surface area contributed by atoms with Gasteiger partial charge in [0.25, 0.3) is 0 Å². The van der Waals surface area contributed by atoms with E-state index in [9.17, 15) is 4.79 Å². The number of aromatic carboxylic acids is 1. The molecule has 1 aliphatic rings. The highest BCUT2D eigenvalue weighted by atomic mass is 16.4. The SMILES string of the molecule is N#Cc1nc(-c2ccc(C(=O)O)cc2)n2c1CCCC2. The number of nitriles is 1. The quantitative estimate of drug-likeness (QED) is 0.906. The minimum atomic E-state index is -0.945. The molecule has 1 aromatic heterocycles. The third-order valence-corrected chi connectivity index (χ3v) is 3.61. The van der Waals surface area contributed by atoms with E-state index in [1.54, 1.807) is 24.3 Å². The van der Waals surface area contributed by atoms with Crippen LogP contribution >= 0.6 is 0 Å². The Morgan fingerprint density at radius 1 is 1.30 bits per heavy atom. The van der Waals surface area contributed by atoms with Crippen molar-refractivity contribution in [3.8, 4) is 17.5 Å². The molecule has 0 atom stereocenters. The summed E-state index contributed by atoms with van der Waals surface area (Å²) in [5.74, 6) is -0.187. The van der Waals surface area contributed by atoms with Gasteiger partial charge in [-0.1, -0.05) is 12.1 Å². The smallest absolute Gasteiger partial charge is 0.335 e. The standard InChI is InChI=1S/C15H13N3O2/c16-9-12-13-3-1-2-8-18(13)14(17-12)10-4-6-11(7-5-10)15(19)20/h4-7H,1-3,8H2,(H,19,20). The van der Waals surface area contributed by atoms with E-state index in [1.165, 1.54) is 0 Å². The molecule has 5 heteroatoms. The third-order valence-electron chi connectivity index (χ3n) is 3.61. The molecule has 5 nitrogen and oxygen atoms in total. The third kappa shape index (κ3) is 1.95. The van der Waals surface area contributed by atoms with Gasteiger partial charge >= 0.3 is 5.97 Å². The Morgan fingerprint density at radius 3 is 2.70 bits per heavy atom. The molecule has 20 heavy (non-hydrogen) atoms. The number of imidazole rings is 1. The molecule has 0 amide bonds. The summed E-state index contributed by atoms with van der Waals surface area (Å²) < 4.78 is 2.08. The summed E-state index contributed by atoms with van der Waals surface area (Å²) in [5.41, 5.74) is 2.58. The van der Waals surface area contributed by atoms with Gasteiger partial charge in [0.2, 0.25) is 0 Å². The number of hydrogen-bond acceptors (Lipinski definition) is 3. The molecule has 0 bridgehead atoms. The van der Waals surface area contributed by atoms with Crippen LogP contribution in [0.4, 0.5) is 0 Å². The number of carbonyl (C=O) groups is 1. The van der Waals surface area contributed by atoms with Crippen LogP contribution in [-0.4, -0.2) is 20.6 Å². The molecule has 2 aromatic rings. The Kier molecular flexibility index (Phi) is 2.99. The summed E-state index contributed by atoms with van der Waals surface area (Å²) in [6.07, 6.45) is 3.04. The lowest BCUT2D eigenvalue weighted by Crippen LogP contribution is -2.11. The molecule has 0 spiro atoms. The highest BCUT2D eigenvalue weighted by Gasteiger charge is 2.20. The van der Waals surface area contributed by atoms with Gasteiger partial charge < -0.3 is 9.67 Å². The van der Waals surface area contributed by atoms with Crippen molar-refractivity contribution in [1.82, 2.24) is 9.55 Å². The molecule has 0 unspecified atom stereocenters. The van der Waals surface area contributed by atoms with Gasteiger partial charge in [0.15, 0.2) is 5.69 Å². The van der Waals surface area contributed by atoms with E-state index >= 15 is 0 Å². The van der Waals surface area contributed by atoms with Gasteiger partial charge in [-0.15, -0.1) is 0 Å². The number of benzene rings is 1. The van der Waals surface area contributed by atoms with Crippen molar-refractivity contribution in [2.45, 2.75) is 25.8 Å². The minimum absolute atomic E-state index is 0.250. The first kappa shape index (κ1) is 12.4. The second kappa shape index (κ2) is 4.82. The fourth-order valence-electron chi connectivity index (χ4n) is 2.61. The van der Waals surface area contributed by atoms with Crippen LogP contribution < -0.4 is 0 Å². The number of fused-ring (bicyclic) bond motifs is 1. The second-order valence-corrected chi connectivity index (χ2v) is 4.83. The van der Waals surface area contributed by atoms with E-state index in [4.69, 9.17) is 10.4 Å². The number of nitrogens with zero attached hydrogens (tertiary/aromatic N) is 3. The Balaban J connectivity index is 2.08. The maximum Gasteiger partial charge on any atom is 0.335 e. The number of carboxylic acid groups (broad SMARTS) is 1. The van der Waals surface area contributed by atoms with Gasteiger partial charge in [0.1, 0.15) is 11.9 Å². The average Bonchev–Trinajstić information content (AvgIpc) is 2.86. The molecular formula is C15H13N3O2. The molecule has 0 aliphatic carbocycles. The van der Waals surface area contributed by atoms with Gasteiger partial charge in [-0.2, -0.15) is 5.26 Å². The van der Waals surface area contributed by atoms with Crippen LogP contribution in [0.15, 0.2) is 24.3 Å². The van der Waals surface area contributed by atoms with Crippen molar-refractivity contribution < 1.29 is 9.90 Å². The van der Waals surface area contributed by atoms with Crippen molar-refractivity contribution in [3.05, 3.63) is 41.2 Å². The zero-order valence-electron chi connectivity index (χ0n) is 10.8. The van der Waals surface area contributed by atoms with Gasteiger partial charge in [-0.25, -0.2) is 9.78 Å². The lowest BCUT2D eigenvalue weighted by Gasteiger charge is -2.16. The van der Waals surface area contributed by atoms with Gasteiger partial charge in [-0.05, 0) is 31.4 Å². The lowest BCUT2D eigenvalue weighted by atomic mass is 10.1. The monoisotopic (exact) mass is 267 g/mol. The largest absolute Gasteiger partial charge is 0.478 e. The molecule has 3 rings (SSSR count). The Hall–Kier alpha value is -2.61. The zero-order valence-corrected chi connectivity index (χ0v) is 10.8. The summed E-state index contributed by atoms with van der Waals surface area (Å²) >= 11 is 0. The number of rotatable bonds is 2. The second-order valence-electron chi connectivity index (χ2n) is 4.83. The van der Waals surface area contributed by atoms with Crippen molar-refractivity contribution in [2.75, 3.05) is 0 Å². The summed E-state index contributed by atoms with van der Waals surface area (Å²) in [4.78, 5) is 15.3. The first-order chi connectivity index (χ1) is 9.70. The van der Waals surface area contributed by atoms with E-state index in [0.29, 0.717) is 5.69 Å². The van der Waals surface area contributed by atoms with Crippen LogP contribution in [0.1, 0.15) is 34.6 Å². The number of carboxylic acids is 1. The Labute approximate surface area is 116 Å². The molecule has 0 saturated heterocycles. The Morgan fingerprint density at radius 2 is 2.05 bits per heavy atom. The molecule has 100 valence electrons. The zero-order chi connectivity index (χ0) is 14.1. The average molecular weight is 267 g/mol. The van der Waals surface area contributed by atoms with E-state index in [0.717, 1.165) is 42.9 Å². The summed E-state index contributed by atoms with van der Waals surface area (Å²) in [6.45, 7) is 0.861. The van der Waals surface area contributed by atoms with E-state index < -0.39 is 5.97 Å². The highest BCUT2D eigenvalue weighted by molar-refractivity contribution is 5.88. The van der Waals surface area contributed by atoms with Gasteiger partial charge in [-0.3, -0.25) is 0 Å².